The Bertz CT molecular complexity index is 1480. The zero-order chi connectivity index (χ0) is 29.3. The van der Waals surface area contributed by atoms with Crippen molar-refractivity contribution in [1.82, 2.24) is 24.4 Å². The number of aliphatic imine (C=N–C) groups is 1. The number of amidine groups is 1. The number of piperazine rings is 1. The van der Waals surface area contributed by atoms with Gasteiger partial charge in [-0.25, -0.2) is 9.98 Å². The summed E-state index contributed by atoms with van der Waals surface area (Å²) in [6, 6.07) is 14.6. The molecule has 0 saturated carbocycles. The maximum Gasteiger partial charge on any atom is 0.230 e. The van der Waals surface area contributed by atoms with Gasteiger partial charge in [0, 0.05) is 69.9 Å². The van der Waals surface area contributed by atoms with E-state index in [4.69, 9.17) is 41.5 Å². The highest BCUT2D eigenvalue weighted by Crippen LogP contribution is 2.39. The van der Waals surface area contributed by atoms with E-state index in [0.717, 1.165) is 45.0 Å². The van der Waals surface area contributed by atoms with Gasteiger partial charge in [-0.2, -0.15) is 9.97 Å². The van der Waals surface area contributed by atoms with Crippen molar-refractivity contribution in [1.29, 1.82) is 0 Å². The van der Waals surface area contributed by atoms with Crippen LogP contribution in [-0.4, -0.2) is 83.7 Å². The molecule has 0 amide bonds. The van der Waals surface area contributed by atoms with Gasteiger partial charge in [0.2, 0.25) is 11.8 Å². The third-order valence-corrected chi connectivity index (χ3v) is 7.01. The molecule has 1 saturated heterocycles. The lowest BCUT2D eigenvalue weighted by Gasteiger charge is -2.34. The van der Waals surface area contributed by atoms with Crippen molar-refractivity contribution in [3.63, 3.8) is 0 Å². The van der Waals surface area contributed by atoms with Gasteiger partial charge < -0.3 is 34.7 Å². The van der Waals surface area contributed by atoms with Gasteiger partial charge in [-0.1, -0.05) is 29.8 Å². The summed E-state index contributed by atoms with van der Waals surface area (Å²) in [5.74, 6) is 3.18. The molecular weight excluding hydrogens is 558 g/mol. The van der Waals surface area contributed by atoms with Crippen LogP contribution in [0.4, 0.5) is 17.5 Å². The predicted octanol–water partition coefficient (Wildman–Crippen LogP) is 4.06. The Kier molecular flexibility index (Phi) is 9.57. The minimum absolute atomic E-state index is 0.282. The second kappa shape index (κ2) is 13.9. The van der Waals surface area contributed by atoms with Crippen molar-refractivity contribution < 1.29 is 14.2 Å². The first-order valence-electron chi connectivity index (χ1n) is 13.5. The molecule has 2 aromatic heterocycles. The van der Waals surface area contributed by atoms with E-state index >= 15 is 0 Å². The number of hydrogen-bond donors (Lipinski definition) is 2. The van der Waals surface area contributed by atoms with Crippen LogP contribution in [0.5, 0.6) is 23.1 Å². The smallest absolute Gasteiger partial charge is 0.230 e. The van der Waals surface area contributed by atoms with E-state index in [9.17, 15) is 0 Å². The Balaban J connectivity index is 1.33. The van der Waals surface area contributed by atoms with Crippen molar-refractivity contribution >= 4 is 34.9 Å². The predicted molar refractivity (Wildman–Crippen MR) is 164 cm³/mol. The fourth-order valence-corrected chi connectivity index (χ4v) is 4.65. The Morgan fingerprint density at radius 1 is 0.976 bits per heavy atom. The molecule has 42 heavy (non-hydrogen) atoms. The third kappa shape index (κ3) is 7.59. The number of halogens is 1. The van der Waals surface area contributed by atoms with Crippen LogP contribution in [0, 0.1) is 0 Å². The zero-order valence-electron chi connectivity index (χ0n) is 23.6. The molecule has 3 heterocycles. The number of aromatic nitrogens is 4. The minimum atomic E-state index is 0.282. The lowest BCUT2D eigenvalue weighted by Crippen LogP contribution is -2.47. The Hall–Kier alpha value is -4.55. The number of ether oxygens (including phenoxy) is 3. The molecule has 13 heteroatoms. The molecule has 2 aromatic carbocycles. The number of nitrogens with one attached hydrogen (secondary N) is 1. The number of hydrogen-bond acceptors (Lipinski definition) is 10. The fraction of sp³-hybridized carbons (Fsp3) is 0.310. The van der Waals surface area contributed by atoms with Crippen LogP contribution in [0.2, 0.25) is 5.02 Å². The number of para-hydroxylation sites is 1. The SMILES string of the molecule is COc1cc(Cl)c(Oc2cc(NCC(N)=Nc3ccccc3)nc(N3CCN(CCn4ccnc4)CC3)n2)cc1OC. The van der Waals surface area contributed by atoms with Gasteiger partial charge in [0.05, 0.1) is 37.8 Å². The number of nitrogens with zero attached hydrogens (tertiary/aromatic N) is 7. The maximum atomic E-state index is 6.50. The van der Waals surface area contributed by atoms with Gasteiger partial charge in [0.25, 0.3) is 0 Å². The number of imidazole rings is 1. The summed E-state index contributed by atoms with van der Waals surface area (Å²) < 4.78 is 19.0. The summed E-state index contributed by atoms with van der Waals surface area (Å²) in [6.07, 6.45) is 5.62. The molecule has 220 valence electrons. The summed E-state index contributed by atoms with van der Waals surface area (Å²) in [5.41, 5.74) is 6.98. The summed E-state index contributed by atoms with van der Waals surface area (Å²) in [5, 5.41) is 3.61. The molecular formula is C29H34ClN9O3. The normalized spacial score (nSPS) is 14.1. The molecule has 0 unspecified atom stereocenters. The van der Waals surface area contributed by atoms with Crippen LogP contribution < -0.4 is 30.2 Å². The van der Waals surface area contributed by atoms with E-state index in [2.05, 4.69) is 29.7 Å². The number of anilines is 2. The van der Waals surface area contributed by atoms with Crippen LogP contribution in [0.1, 0.15) is 0 Å². The van der Waals surface area contributed by atoms with Crippen molar-refractivity contribution in [2.75, 3.05) is 63.7 Å². The van der Waals surface area contributed by atoms with Gasteiger partial charge in [-0.05, 0) is 12.1 Å². The summed E-state index contributed by atoms with van der Waals surface area (Å²) in [4.78, 5) is 22.6. The van der Waals surface area contributed by atoms with Crippen molar-refractivity contribution in [2.24, 2.45) is 10.7 Å². The van der Waals surface area contributed by atoms with Crippen LogP contribution in [0.25, 0.3) is 0 Å². The Morgan fingerprint density at radius 3 is 2.45 bits per heavy atom. The van der Waals surface area contributed by atoms with Crippen LogP contribution >= 0.6 is 11.6 Å². The van der Waals surface area contributed by atoms with Crippen molar-refractivity contribution in [3.05, 3.63) is 72.3 Å². The molecule has 1 fully saturated rings. The molecule has 5 rings (SSSR count). The van der Waals surface area contributed by atoms with E-state index in [1.807, 2.05) is 42.9 Å². The summed E-state index contributed by atoms with van der Waals surface area (Å²) in [6.45, 7) is 5.41. The number of rotatable bonds is 12. The highest BCUT2D eigenvalue weighted by Gasteiger charge is 2.21. The first-order valence-corrected chi connectivity index (χ1v) is 13.9. The molecule has 0 atom stereocenters. The summed E-state index contributed by atoms with van der Waals surface area (Å²) >= 11 is 6.50. The molecule has 1 aliphatic heterocycles. The minimum Gasteiger partial charge on any atom is -0.493 e. The summed E-state index contributed by atoms with van der Waals surface area (Å²) in [7, 11) is 3.10. The van der Waals surface area contributed by atoms with Gasteiger partial charge >= 0.3 is 0 Å². The maximum absolute atomic E-state index is 6.50. The molecule has 0 bridgehead atoms. The van der Waals surface area contributed by atoms with Crippen molar-refractivity contribution in [3.8, 4) is 23.1 Å². The first-order chi connectivity index (χ1) is 20.5. The zero-order valence-corrected chi connectivity index (χ0v) is 24.4. The van der Waals surface area contributed by atoms with E-state index in [0.29, 0.717) is 45.8 Å². The molecule has 12 nitrogen and oxygen atoms in total. The van der Waals surface area contributed by atoms with Crippen LogP contribution in [0.15, 0.2) is 72.2 Å². The molecule has 0 aliphatic carbocycles. The van der Waals surface area contributed by atoms with E-state index in [1.165, 1.54) is 0 Å². The van der Waals surface area contributed by atoms with Crippen LogP contribution in [0.3, 0.4) is 0 Å². The average Bonchev–Trinajstić information content (AvgIpc) is 3.54. The Morgan fingerprint density at radius 2 is 1.74 bits per heavy atom. The van der Waals surface area contributed by atoms with Crippen molar-refractivity contribution in [2.45, 2.75) is 6.54 Å². The first kappa shape index (κ1) is 29.0. The lowest BCUT2D eigenvalue weighted by molar-refractivity contribution is 0.247. The average molecular weight is 592 g/mol. The monoisotopic (exact) mass is 591 g/mol. The van der Waals surface area contributed by atoms with Gasteiger partial charge in [0.1, 0.15) is 11.7 Å². The van der Waals surface area contributed by atoms with E-state index < -0.39 is 0 Å². The quantitative estimate of drug-likeness (QED) is 0.184. The molecule has 1 aliphatic rings. The van der Waals surface area contributed by atoms with E-state index in [-0.39, 0.29) is 6.54 Å². The largest absolute Gasteiger partial charge is 0.493 e. The topological polar surface area (TPSA) is 128 Å². The van der Waals surface area contributed by atoms with Gasteiger partial charge in [0.15, 0.2) is 17.2 Å². The Labute approximate surface area is 249 Å². The third-order valence-electron chi connectivity index (χ3n) is 6.71. The highest BCUT2D eigenvalue weighted by molar-refractivity contribution is 6.32. The van der Waals surface area contributed by atoms with E-state index in [1.54, 1.807) is 38.6 Å². The molecule has 3 N–H and O–H groups in total. The molecule has 0 radical (unpaired) electrons. The standard InChI is InChI=1S/C29H34ClN9O3/c1-40-24-16-22(30)23(17-25(24)41-2)42-28-18-27(33-19-26(31)34-21-6-4-3-5-7-21)35-29(36-28)39-14-12-37(13-15-39)10-11-38-9-8-32-20-38/h3-9,16-18,20H,10-15,19H2,1-2H3,(H2,31,34)(H,33,35,36). The highest BCUT2D eigenvalue weighted by atomic mass is 35.5. The van der Waals surface area contributed by atoms with Crippen LogP contribution in [-0.2, 0) is 6.54 Å². The van der Waals surface area contributed by atoms with Gasteiger partial charge in [-0.3, -0.25) is 4.90 Å². The molecule has 4 aromatic rings. The molecule has 0 spiro atoms. The van der Waals surface area contributed by atoms with Gasteiger partial charge in [-0.15, -0.1) is 0 Å². The second-order valence-electron chi connectivity index (χ2n) is 9.55. The lowest BCUT2D eigenvalue weighted by atomic mass is 10.3. The number of benzene rings is 2. The fourth-order valence-electron chi connectivity index (χ4n) is 4.46. The second-order valence-corrected chi connectivity index (χ2v) is 9.96. The number of nitrogens with two attached hydrogens (primary N) is 1. The number of methoxy groups -OCH3 is 2.